The molecule has 6 aromatic rings. The first-order valence-corrected chi connectivity index (χ1v) is 15.5. The van der Waals surface area contributed by atoms with Crippen molar-refractivity contribution >= 4 is 17.0 Å². The molecular formula is C36H31F3N6O4. The SMILES string of the molecule is Cc1cn(-c2ccc(COc3cccc(-c4cc(F)c(Cc5nc6ccc(C(=O)O)cc6n5[C@@H]5COCC5(C)C)cc4F)n3)c(F)c2)nn1. The van der Waals surface area contributed by atoms with Gasteiger partial charge in [0.2, 0.25) is 5.88 Å². The van der Waals surface area contributed by atoms with Crippen LogP contribution < -0.4 is 4.74 Å². The van der Waals surface area contributed by atoms with Crippen LogP contribution in [0.4, 0.5) is 13.2 Å². The highest BCUT2D eigenvalue weighted by molar-refractivity contribution is 5.92. The van der Waals surface area contributed by atoms with Crippen LogP contribution in [0.1, 0.15) is 52.9 Å². The number of hydrogen-bond acceptors (Lipinski definition) is 7. The number of aromatic carboxylic acids is 1. The Hall–Kier alpha value is -5.56. The van der Waals surface area contributed by atoms with Crippen LogP contribution in [0, 0.1) is 29.8 Å². The van der Waals surface area contributed by atoms with Crippen LogP contribution in [0.2, 0.25) is 0 Å². The minimum atomic E-state index is -1.08. The summed E-state index contributed by atoms with van der Waals surface area (Å²) >= 11 is 0. The lowest BCUT2D eigenvalue weighted by Crippen LogP contribution is -2.27. The third-order valence-corrected chi connectivity index (χ3v) is 8.74. The molecule has 0 spiro atoms. The number of rotatable bonds is 9. The topological polar surface area (TPSA) is 117 Å². The van der Waals surface area contributed by atoms with Crippen molar-refractivity contribution in [2.75, 3.05) is 13.2 Å². The highest BCUT2D eigenvalue weighted by Crippen LogP contribution is 2.40. The van der Waals surface area contributed by atoms with Crippen molar-refractivity contribution in [3.05, 3.63) is 119 Å². The summed E-state index contributed by atoms with van der Waals surface area (Å²) in [5.74, 6) is -2.40. The highest BCUT2D eigenvalue weighted by Gasteiger charge is 2.39. The molecule has 0 bridgehead atoms. The largest absolute Gasteiger partial charge is 0.478 e. The fourth-order valence-corrected chi connectivity index (χ4v) is 6.08. The van der Waals surface area contributed by atoms with E-state index in [9.17, 15) is 14.3 Å². The lowest BCUT2D eigenvalue weighted by atomic mass is 9.87. The first-order chi connectivity index (χ1) is 23.5. The summed E-state index contributed by atoms with van der Waals surface area (Å²) in [6, 6.07) is 15.9. The van der Waals surface area contributed by atoms with Crippen LogP contribution in [-0.4, -0.2) is 53.8 Å². The number of ether oxygens (including phenoxy) is 2. The number of carboxylic acid groups (broad SMARTS) is 1. The van der Waals surface area contributed by atoms with E-state index < -0.39 is 23.4 Å². The van der Waals surface area contributed by atoms with E-state index in [1.54, 1.807) is 49.5 Å². The minimum absolute atomic E-state index is 0.0514. The Kier molecular flexibility index (Phi) is 8.15. The molecule has 3 aromatic heterocycles. The van der Waals surface area contributed by atoms with Crippen LogP contribution in [0.5, 0.6) is 5.88 Å². The number of aryl methyl sites for hydroxylation is 1. The quantitative estimate of drug-likeness (QED) is 0.178. The fourth-order valence-electron chi connectivity index (χ4n) is 6.08. The summed E-state index contributed by atoms with van der Waals surface area (Å²) in [6.45, 7) is 6.55. The highest BCUT2D eigenvalue weighted by atomic mass is 19.1. The summed E-state index contributed by atoms with van der Waals surface area (Å²) in [7, 11) is 0. The maximum Gasteiger partial charge on any atom is 0.335 e. The molecule has 1 aliphatic rings. The summed E-state index contributed by atoms with van der Waals surface area (Å²) in [6.07, 6.45) is 1.63. The van der Waals surface area contributed by atoms with Crippen LogP contribution >= 0.6 is 0 Å². The molecule has 1 fully saturated rings. The molecule has 250 valence electrons. The molecule has 10 nitrogen and oxygen atoms in total. The molecule has 0 aliphatic carbocycles. The van der Waals surface area contributed by atoms with E-state index in [4.69, 9.17) is 14.5 Å². The van der Waals surface area contributed by atoms with Gasteiger partial charge in [0.25, 0.3) is 0 Å². The molecule has 0 radical (unpaired) electrons. The second-order valence-corrected chi connectivity index (χ2v) is 12.8. The van der Waals surface area contributed by atoms with Gasteiger partial charge in [0, 0.05) is 35.1 Å². The van der Waals surface area contributed by atoms with Crippen LogP contribution in [0.3, 0.4) is 0 Å². The number of benzene rings is 3. The van der Waals surface area contributed by atoms with Crippen LogP contribution in [0.25, 0.3) is 28.0 Å². The number of imidazole rings is 1. The van der Waals surface area contributed by atoms with Gasteiger partial charge in [-0.05, 0) is 55.0 Å². The Morgan fingerprint density at radius 1 is 1.00 bits per heavy atom. The molecule has 1 N–H and O–H groups in total. The standard InChI is InChI=1S/C36H31F3N6O4/c1-20-16-44(43-42-20)24-9-7-22(26(37)14-24)17-49-34-6-4-5-29(41-34)25-15-27(38)23(11-28(25)39)13-33-40-30-10-8-21(35(46)47)12-31(30)45(33)32-18-48-19-36(32,2)3/h4-12,14-16,32H,13,17-19H2,1-3H3,(H,46,47)/t32-/m1/s1. The zero-order valence-electron chi connectivity index (χ0n) is 26.8. The van der Waals surface area contributed by atoms with Crippen molar-refractivity contribution in [1.82, 2.24) is 29.5 Å². The van der Waals surface area contributed by atoms with E-state index in [-0.39, 0.29) is 58.3 Å². The van der Waals surface area contributed by atoms with Crippen molar-refractivity contribution in [3.8, 4) is 22.8 Å². The maximum atomic E-state index is 15.7. The number of nitrogens with zero attached hydrogens (tertiary/aromatic N) is 6. The molecule has 7 rings (SSSR count). The van der Waals surface area contributed by atoms with Gasteiger partial charge in [0.1, 0.15) is 29.9 Å². The number of aromatic nitrogens is 6. The fraction of sp³-hybridized carbons (Fsp3) is 0.250. The molecule has 0 saturated carbocycles. The van der Waals surface area contributed by atoms with Crippen molar-refractivity contribution in [3.63, 3.8) is 0 Å². The Morgan fingerprint density at radius 3 is 2.53 bits per heavy atom. The van der Waals surface area contributed by atoms with Crippen molar-refractivity contribution in [2.24, 2.45) is 5.41 Å². The van der Waals surface area contributed by atoms with Gasteiger partial charge in [-0.15, -0.1) is 5.10 Å². The van der Waals surface area contributed by atoms with Gasteiger partial charge in [0.15, 0.2) is 0 Å². The summed E-state index contributed by atoms with van der Waals surface area (Å²) in [5.41, 5.74) is 2.50. The predicted molar refractivity (Wildman–Crippen MR) is 173 cm³/mol. The van der Waals surface area contributed by atoms with Gasteiger partial charge >= 0.3 is 5.97 Å². The Bertz CT molecular complexity index is 2230. The van der Waals surface area contributed by atoms with Crippen molar-refractivity contribution in [2.45, 2.75) is 39.8 Å². The minimum Gasteiger partial charge on any atom is -0.478 e. The third kappa shape index (κ3) is 6.24. The molecule has 1 atom stereocenters. The summed E-state index contributed by atoms with van der Waals surface area (Å²) in [5, 5.41) is 17.5. The zero-order chi connectivity index (χ0) is 34.4. The molecule has 0 unspecified atom stereocenters. The van der Waals surface area contributed by atoms with E-state index in [2.05, 4.69) is 15.3 Å². The maximum absolute atomic E-state index is 15.7. The number of carbonyl (C=O) groups is 1. The Labute approximate surface area is 278 Å². The molecule has 1 aliphatic heterocycles. The monoisotopic (exact) mass is 668 g/mol. The van der Waals surface area contributed by atoms with E-state index in [0.717, 1.165) is 12.1 Å². The van der Waals surface area contributed by atoms with Crippen molar-refractivity contribution < 1.29 is 32.5 Å². The lowest BCUT2D eigenvalue weighted by Gasteiger charge is -2.28. The molecule has 3 aromatic carbocycles. The van der Waals surface area contributed by atoms with Gasteiger partial charge in [-0.3, -0.25) is 0 Å². The van der Waals surface area contributed by atoms with Crippen molar-refractivity contribution in [1.29, 1.82) is 0 Å². The lowest BCUT2D eigenvalue weighted by molar-refractivity contribution is 0.0697. The first kappa shape index (κ1) is 32.0. The van der Waals surface area contributed by atoms with Gasteiger partial charge in [0.05, 0.1) is 59.1 Å². The number of halogens is 3. The normalized spacial score (nSPS) is 15.6. The first-order valence-electron chi connectivity index (χ1n) is 15.5. The average Bonchev–Trinajstić information content (AvgIpc) is 3.76. The Balaban J connectivity index is 1.14. The second kappa shape index (κ2) is 12.5. The molecular weight excluding hydrogens is 637 g/mol. The third-order valence-electron chi connectivity index (χ3n) is 8.74. The number of pyridine rings is 1. The number of hydrogen-bond donors (Lipinski definition) is 1. The molecule has 0 amide bonds. The van der Waals surface area contributed by atoms with E-state index >= 15 is 8.78 Å². The summed E-state index contributed by atoms with van der Waals surface area (Å²) < 4.78 is 61.1. The predicted octanol–water partition coefficient (Wildman–Crippen LogP) is 6.87. The summed E-state index contributed by atoms with van der Waals surface area (Å²) in [4.78, 5) is 20.8. The zero-order valence-corrected chi connectivity index (χ0v) is 26.8. The van der Waals surface area contributed by atoms with E-state index in [1.165, 1.54) is 22.9 Å². The van der Waals surface area contributed by atoms with E-state index in [1.807, 2.05) is 18.4 Å². The van der Waals surface area contributed by atoms with Gasteiger partial charge in [-0.2, -0.15) is 0 Å². The number of fused-ring (bicyclic) bond motifs is 1. The van der Waals surface area contributed by atoms with Crippen LogP contribution in [0.15, 0.2) is 72.9 Å². The molecule has 13 heteroatoms. The molecule has 49 heavy (non-hydrogen) atoms. The second-order valence-electron chi connectivity index (χ2n) is 12.8. The Morgan fingerprint density at radius 2 is 1.82 bits per heavy atom. The van der Waals surface area contributed by atoms with Gasteiger partial charge < -0.3 is 19.1 Å². The van der Waals surface area contributed by atoms with E-state index in [0.29, 0.717) is 41.5 Å². The number of carboxylic acids is 1. The van der Waals surface area contributed by atoms with Gasteiger partial charge in [-0.25, -0.2) is 32.6 Å². The molecule has 4 heterocycles. The van der Waals surface area contributed by atoms with Gasteiger partial charge in [-0.1, -0.05) is 31.2 Å². The van der Waals surface area contributed by atoms with Crippen LogP contribution in [-0.2, 0) is 17.8 Å². The smallest absolute Gasteiger partial charge is 0.335 e. The average molecular weight is 669 g/mol. The molecule has 1 saturated heterocycles.